The van der Waals surface area contributed by atoms with E-state index in [9.17, 15) is 4.79 Å². The highest BCUT2D eigenvalue weighted by Gasteiger charge is 2.36. The van der Waals surface area contributed by atoms with Gasteiger partial charge in [0.15, 0.2) is 11.5 Å². The second-order valence-corrected chi connectivity index (χ2v) is 8.57. The van der Waals surface area contributed by atoms with E-state index >= 15 is 0 Å². The molecule has 5 nitrogen and oxygen atoms in total. The van der Waals surface area contributed by atoms with Crippen LogP contribution < -0.4 is 14.8 Å². The number of para-hydroxylation sites is 1. The number of benzene rings is 2. The van der Waals surface area contributed by atoms with Gasteiger partial charge in [0.25, 0.3) is 0 Å². The van der Waals surface area contributed by atoms with Crippen molar-refractivity contribution in [3.63, 3.8) is 0 Å². The number of carbonyl (C=O) groups is 1. The second-order valence-electron chi connectivity index (χ2n) is 8.57. The van der Waals surface area contributed by atoms with E-state index < -0.39 is 0 Å². The van der Waals surface area contributed by atoms with Crippen LogP contribution in [0.5, 0.6) is 11.5 Å². The number of aromatic nitrogens is 1. The quantitative estimate of drug-likeness (QED) is 0.662. The first-order valence-electron chi connectivity index (χ1n) is 10.9. The number of fused-ring (bicyclic) bond motifs is 2. The first kappa shape index (κ1) is 19.0. The Bertz CT molecular complexity index is 1080. The van der Waals surface area contributed by atoms with E-state index in [-0.39, 0.29) is 11.3 Å². The summed E-state index contributed by atoms with van der Waals surface area (Å²) in [6.45, 7) is 3.88. The lowest BCUT2D eigenvalue weighted by Gasteiger charge is -2.31. The number of carbonyl (C=O) groups excluding carboxylic acids is 1. The molecule has 1 aliphatic heterocycles. The molecular formula is C25H28N2O3. The highest BCUT2D eigenvalue weighted by molar-refractivity contribution is 5.90. The van der Waals surface area contributed by atoms with Crippen molar-refractivity contribution in [2.24, 2.45) is 0 Å². The number of hydrogen-bond donors (Lipinski definition) is 2. The van der Waals surface area contributed by atoms with Gasteiger partial charge in [0.05, 0.1) is 6.42 Å². The van der Waals surface area contributed by atoms with Gasteiger partial charge in [-0.3, -0.25) is 4.79 Å². The normalized spacial score (nSPS) is 17.2. The summed E-state index contributed by atoms with van der Waals surface area (Å²) in [4.78, 5) is 16.3. The van der Waals surface area contributed by atoms with Crippen LogP contribution in [0, 0.1) is 6.92 Å². The molecule has 0 radical (unpaired) electrons. The molecule has 0 bridgehead atoms. The van der Waals surface area contributed by atoms with E-state index in [0.29, 0.717) is 26.2 Å². The molecule has 2 heterocycles. The van der Waals surface area contributed by atoms with Crippen molar-refractivity contribution in [2.45, 2.75) is 44.4 Å². The van der Waals surface area contributed by atoms with E-state index in [2.05, 4.69) is 34.6 Å². The second kappa shape index (κ2) is 7.71. The van der Waals surface area contributed by atoms with Crippen LogP contribution >= 0.6 is 0 Å². The van der Waals surface area contributed by atoms with Crippen LogP contribution in [-0.4, -0.2) is 30.6 Å². The number of rotatable bonds is 5. The van der Waals surface area contributed by atoms with Gasteiger partial charge < -0.3 is 19.8 Å². The molecule has 5 rings (SSSR count). The summed E-state index contributed by atoms with van der Waals surface area (Å²) < 4.78 is 11.5. The molecule has 30 heavy (non-hydrogen) atoms. The minimum Gasteiger partial charge on any atom is -0.486 e. The molecule has 156 valence electrons. The minimum absolute atomic E-state index is 0.0270. The Labute approximate surface area is 176 Å². The van der Waals surface area contributed by atoms with Crippen LogP contribution in [0.3, 0.4) is 0 Å². The Morgan fingerprint density at radius 3 is 2.67 bits per heavy atom. The van der Waals surface area contributed by atoms with Gasteiger partial charge in [0.1, 0.15) is 13.2 Å². The molecule has 1 amide bonds. The van der Waals surface area contributed by atoms with Crippen molar-refractivity contribution in [3.8, 4) is 11.5 Å². The minimum atomic E-state index is -0.0270. The molecule has 0 spiro atoms. The maximum absolute atomic E-state index is 12.9. The van der Waals surface area contributed by atoms with Crippen molar-refractivity contribution in [1.82, 2.24) is 10.3 Å². The zero-order valence-corrected chi connectivity index (χ0v) is 17.4. The summed E-state index contributed by atoms with van der Waals surface area (Å²) in [6.07, 6.45) is 4.93. The van der Waals surface area contributed by atoms with Gasteiger partial charge in [0, 0.05) is 28.6 Å². The summed E-state index contributed by atoms with van der Waals surface area (Å²) in [7, 11) is 0. The standard InChI is InChI=1S/C25H28N2O3/c1-17-20(19-6-2-3-7-21(19)27-17)15-24(28)26-16-25(10-4-5-11-25)18-8-9-22-23(14-18)30-13-12-29-22/h2-3,6-9,14,27H,4-5,10-13,15-16H2,1H3,(H,26,28). The molecule has 1 aromatic heterocycles. The van der Waals surface area contributed by atoms with Crippen molar-refractivity contribution < 1.29 is 14.3 Å². The van der Waals surface area contributed by atoms with Gasteiger partial charge in [-0.1, -0.05) is 37.1 Å². The van der Waals surface area contributed by atoms with Crippen LogP contribution in [0.15, 0.2) is 42.5 Å². The lowest BCUT2D eigenvalue weighted by atomic mass is 9.78. The number of aromatic amines is 1. The summed E-state index contributed by atoms with van der Waals surface area (Å²) in [5, 5.41) is 4.38. The average Bonchev–Trinajstić information content (AvgIpc) is 3.38. The number of hydrogen-bond acceptors (Lipinski definition) is 3. The molecule has 1 fully saturated rings. The Morgan fingerprint density at radius 1 is 1.07 bits per heavy atom. The smallest absolute Gasteiger partial charge is 0.224 e. The molecule has 1 aliphatic carbocycles. The molecule has 1 saturated carbocycles. The third kappa shape index (κ3) is 3.42. The fourth-order valence-corrected chi connectivity index (χ4v) is 5.05. The maximum Gasteiger partial charge on any atom is 0.224 e. The summed E-state index contributed by atoms with van der Waals surface area (Å²) in [6, 6.07) is 14.4. The van der Waals surface area contributed by atoms with Crippen LogP contribution in [0.1, 0.15) is 42.5 Å². The third-order valence-electron chi connectivity index (χ3n) is 6.70. The van der Waals surface area contributed by atoms with Crippen LogP contribution in [0.4, 0.5) is 0 Å². The van der Waals surface area contributed by atoms with Gasteiger partial charge in [0.2, 0.25) is 5.91 Å². The van der Waals surface area contributed by atoms with Gasteiger partial charge in [-0.05, 0) is 49.1 Å². The summed E-state index contributed by atoms with van der Waals surface area (Å²) in [5.74, 6) is 1.72. The van der Waals surface area contributed by atoms with Crippen molar-refractivity contribution in [2.75, 3.05) is 19.8 Å². The van der Waals surface area contributed by atoms with Gasteiger partial charge in [-0.15, -0.1) is 0 Å². The van der Waals surface area contributed by atoms with E-state index in [1.54, 1.807) is 0 Å². The molecule has 5 heteroatoms. The number of ether oxygens (including phenoxy) is 2. The number of nitrogens with one attached hydrogen (secondary N) is 2. The fraction of sp³-hybridized carbons (Fsp3) is 0.400. The maximum atomic E-state index is 12.9. The van der Waals surface area contributed by atoms with Crippen molar-refractivity contribution in [3.05, 3.63) is 59.3 Å². The molecule has 3 aromatic rings. The average molecular weight is 405 g/mol. The Morgan fingerprint density at radius 2 is 1.83 bits per heavy atom. The number of H-pyrrole nitrogens is 1. The summed E-state index contributed by atoms with van der Waals surface area (Å²) in [5.41, 5.74) is 4.45. The van der Waals surface area contributed by atoms with E-state index in [1.807, 2.05) is 25.1 Å². The van der Waals surface area contributed by atoms with E-state index in [0.717, 1.165) is 46.5 Å². The number of aryl methyl sites for hydroxylation is 1. The predicted octanol–water partition coefficient (Wildman–Crippen LogP) is 4.42. The summed E-state index contributed by atoms with van der Waals surface area (Å²) >= 11 is 0. The van der Waals surface area contributed by atoms with E-state index in [4.69, 9.17) is 9.47 Å². The number of amides is 1. The van der Waals surface area contributed by atoms with Crippen molar-refractivity contribution in [1.29, 1.82) is 0 Å². The highest BCUT2D eigenvalue weighted by Crippen LogP contribution is 2.43. The molecule has 0 unspecified atom stereocenters. The van der Waals surface area contributed by atoms with Crippen LogP contribution in [0.25, 0.3) is 10.9 Å². The predicted molar refractivity (Wildman–Crippen MR) is 117 cm³/mol. The lowest BCUT2D eigenvalue weighted by molar-refractivity contribution is -0.120. The monoisotopic (exact) mass is 404 g/mol. The van der Waals surface area contributed by atoms with Gasteiger partial charge in [-0.2, -0.15) is 0 Å². The third-order valence-corrected chi connectivity index (χ3v) is 6.70. The topological polar surface area (TPSA) is 63.4 Å². The SMILES string of the molecule is Cc1[nH]c2ccccc2c1CC(=O)NCC1(c2ccc3c(c2)OCCO3)CCCC1. The lowest BCUT2D eigenvalue weighted by Crippen LogP contribution is -2.39. The first-order chi connectivity index (χ1) is 14.6. The Kier molecular flexibility index (Phi) is 4.89. The van der Waals surface area contributed by atoms with Gasteiger partial charge >= 0.3 is 0 Å². The molecule has 2 N–H and O–H groups in total. The van der Waals surface area contributed by atoms with Crippen molar-refractivity contribution >= 4 is 16.8 Å². The molecule has 0 atom stereocenters. The zero-order valence-electron chi connectivity index (χ0n) is 17.4. The fourth-order valence-electron chi connectivity index (χ4n) is 5.05. The van der Waals surface area contributed by atoms with E-state index in [1.165, 1.54) is 18.4 Å². The zero-order chi connectivity index (χ0) is 20.6. The van der Waals surface area contributed by atoms with Crippen LogP contribution in [-0.2, 0) is 16.6 Å². The molecule has 0 saturated heterocycles. The largest absolute Gasteiger partial charge is 0.486 e. The molecular weight excluding hydrogens is 376 g/mol. The Balaban J connectivity index is 1.33. The first-order valence-corrected chi connectivity index (χ1v) is 10.9. The highest BCUT2D eigenvalue weighted by atomic mass is 16.6. The molecule has 2 aliphatic rings. The van der Waals surface area contributed by atoms with Crippen LogP contribution in [0.2, 0.25) is 0 Å². The van der Waals surface area contributed by atoms with Gasteiger partial charge in [-0.25, -0.2) is 0 Å². The molecule has 2 aromatic carbocycles. The Hall–Kier alpha value is -2.95.